The van der Waals surface area contributed by atoms with Crippen LogP contribution >= 0.6 is 0 Å². The van der Waals surface area contributed by atoms with Crippen molar-refractivity contribution >= 4 is 22.0 Å². The van der Waals surface area contributed by atoms with Crippen LogP contribution in [0.1, 0.15) is 39.8 Å². The van der Waals surface area contributed by atoms with Crippen molar-refractivity contribution in [1.29, 1.82) is 0 Å². The number of pyridine rings is 1. The molecule has 0 aromatic carbocycles. The van der Waals surface area contributed by atoms with Gasteiger partial charge in [-0.25, -0.2) is 13.8 Å². The number of aromatic nitrogens is 3. The molecule has 0 unspecified atom stereocenters. The highest BCUT2D eigenvalue weighted by molar-refractivity contribution is 7.91. The zero-order chi connectivity index (χ0) is 18.0. The zero-order valence-electron chi connectivity index (χ0n) is 14.0. The van der Waals surface area contributed by atoms with Crippen LogP contribution in [-0.4, -0.2) is 46.8 Å². The molecule has 0 saturated carbocycles. The van der Waals surface area contributed by atoms with Crippen LogP contribution < -0.4 is 5.43 Å². The third-order valence-electron chi connectivity index (χ3n) is 4.24. The van der Waals surface area contributed by atoms with Crippen molar-refractivity contribution in [3.05, 3.63) is 47.0 Å². The Labute approximate surface area is 145 Å². The van der Waals surface area contributed by atoms with Crippen LogP contribution in [0.3, 0.4) is 0 Å². The number of nitrogens with one attached hydrogen (secondary N) is 1. The van der Waals surface area contributed by atoms with Crippen molar-refractivity contribution in [1.82, 2.24) is 20.2 Å². The minimum absolute atomic E-state index is 0.115. The van der Waals surface area contributed by atoms with Gasteiger partial charge in [-0.1, -0.05) is 0 Å². The minimum Gasteiger partial charge on any atom is -0.267 e. The monoisotopic (exact) mass is 361 g/mol. The fourth-order valence-corrected chi connectivity index (χ4v) is 4.60. The molecule has 0 spiro atoms. The first-order chi connectivity index (χ1) is 11.9. The van der Waals surface area contributed by atoms with Gasteiger partial charge in [-0.2, -0.15) is 10.2 Å². The number of hydrogen-bond donors (Lipinski definition) is 1. The number of carbonyl (C=O) groups is 1. The van der Waals surface area contributed by atoms with Gasteiger partial charge in [0.15, 0.2) is 9.84 Å². The number of hydrazone groups is 1. The van der Waals surface area contributed by atoms with E-state index in [-0.39, 0.29) is 23.5 Å². The number of aryl methyl sites for hydroxylation is 1. The van der Waals surface area contributed by atoms with Crippen molar-refractivity contribution in [2.45, 2.75) is 26.3 Å². The van der Waals surface area contributed by atoms with Gasteiger partial charge in [0.05, 0.1) is 29.5 Å². The molecule has 3 heterocycles. The van der Waals surface area contributed by atoms with E-state index in [1.807, 2.05) is 13.8 Å². The van der Waals surface area contributed by atoms with Gasteiger partial charge in [0.1, 0.15) is 0 Å². The lowest BCUT2D eigenvalue weighted by Crippen LogP contribution is -2.17. The summed E-state index contributed by atoms with van der Waals surface area (Å²) in [5.74, 6) is -0.0191. The molecular weight excluding hydrogens is 342 g/mol. The van der Waals surface area contributed by atoms with Gasteiger partial charge in [-0.05, 0) is 32.4 Å². The number of rotatable bonds is 4. The SMILES string of the molecule is Cc1nn([C@H]2CCS(=O)(=O)C2)c(C)c1/C=N\NC(=O)c1ccncc1. The summed E-state index contributed by atoms with van der Waals surface area (Å²) >= 11 is 0. The summed E-state index contributed by atoms with van der Waals surface area (Å²) in [7, 11) is -2.98. The van der Waals surface area contributed by atoms with Gasteiger partial charge in [0.2, 0.25) is 0 Å². The predicted octanol–water partition coefficient (Wildman–Crippen LogP) is 1.02. The Morgan fingerprint density at radius 1 is 1.36 bits per heavy atom. The molecular formula is C16H19N5O3S. The summed E-state index contributed by atoms with van der Waals surface area (Å²) < 4.78 is 25.1. The van der Waals surface area contributed by atoms with E-state index >= 15 is 0 Å². The third kappa shape index (κ3) is 3.76. The second kappa shape index (κ2) is 6.75. The van der Waals surface area contributed by atoms with Crippen LogP contribution in [0, 0.1) is 13.8 Å². The smallest absolute Gasteiger partial charge is 0.267 e. The number of sulfone groups is 1. The molecule has 1 atom stereocenters. The maximum atomic E-state index is 12.0. The lowest BCUT2D eigenvalue weighted by atomic mass is 10.2. The maximum absolute atomic E-state index is 12.0. The maximum Gasteiger partial charge on any atom is 0.271 e. The molecule has 1 N–H and O–H groups in total. The Balaban J connectivity index is 1.74. The summed E-state index contributed by atoms with van der Waals surface area (Å²) in [5.41, 5.74) is 5.28. The van der Waals surface area contributed by atoms with Crippen molar-refractivity contribution in [3.8, 4) is 0 Å². The van der Waals surface area contributed by atoms with Crippen molar-refractivity contribution in [3.63, 3.8) is 0 Å². The Hall–Kier alpha value is -2.55. The molecule has 1 fully saturated rings. The topological polar surface area (TPSA) is 106 Å². The standard InChI is InChI=1S/C16H19N5O3S/c1-11-15(9-18-19-16(22)13-3-6-17-7-4-13)12(2)21(20-11)14-5-8-25(23,24)10-14/h3-4,6-7,9,14H,5,8,10H2,1-2H3,(H,19,22)/b18-9-/t14-/m0/s1. The minimum atomic E-state index is -2.98. The first-order valence-corrected chi connectivity index (χ1v) is 9.69. The van der Waals surface area contributed by atoms with Gasteiger partial charge in [0.25, 0.3) is 5.91 Å². The van der Waals surface area contributed by atoms with Crippen molar-refractivity contribution in [2.24, 2.45) is 5.10 Å². The average Bonchev–Trinajstić information content (AvgIpc) is 3.08. The molecule has 1 aliphatic heterocycles. The highest BCUT2D eigenvalue weighted by atomic mass is 32.2. The van der Waals surface area contributed by atoms with E-state index < -0.39 is 9.84 Å². The van der Waals surface area contributed by atoms with E-state index in [1.165, 1.54) is 18.6 Å². The van der Waals surface area contributed by atoms with E-state index in [0.29, 0.717) is 12.0 Å². The molecule has 132 valence electrons. The molecule has 0 radical (unpaired) electrons. The fraction of sp³-hybridized carbons (Fsp3) is 0.375. The summed E-state index contributed by atoms with van der Waals surface area (Å²) in [6, 6.07) is 3.05. The summed E-state index contributed by atoms with van der Waals surface area (Å²) in [5, 5.41) is 8.45. The summed E-state index contributed by atoms with van der Waals surface area (Å²) in [4.78, 5) is 15.8. The summed E-state index contributed by atoms with van der Waals surface area (Å²) in [6.45, 7) is 3.70. The van der Waals surface area contributed by atoms with E-state index in [1.54, 1.807) is 16.8 Å². The lowest BCUT2D eigenvalue weighted by molar-refractivity contribution is 0.0955. The highest BCUT2D eigenvalue weighted by Crippen LogP contribution is 2.26. The molecule has 25 heavy (non-hydrogen) atoms. The van der Waals surface area contributed by atoms with E-state index in [0.717, 1.165) is 17.0 Å². The fourth-order valence-electron chi connectivity index (χ4n) is 2.91. The zero-order valence-corrected chi connectivity index (χ0v) is 14.8. The van der Waals surface area contributed by atoms with E-state index in [2.05, 4.69) is 20.6 Å². The molecule has 9 heteroatoms. The Bertz CT molecular complexity index is 919. The second-order valence-electron chi connectivity index (χ2n) is 6.02. The molecule has 8 nitrogen and oxygen atoms in total. The molecule has 1 saturated heterocycles. The largest absolute Gasteiger partial charge is 0.271 e. The second-order valence-corrected chi connectivity index (χ2v) is 8.25. The normalized spacial score (nSPS) is 19.4. The molecule has 1 amide bonds. The number of carbonyl (C=O) groups excluding carboxylic acids is 1. The van der Waals surface area contributed by atoms with Gasteiger partial charge in [-0.15, -0.1) is 0 Å². The van der Waals surface area contributed by atoms with Crippen LogP contribution in [0.4, 0.5) is 0 Å². The van der Waals surface area contributed by atoms with Crippen molar-refractivity contribution < 1.29 is 13.2 Å². The van der Waals surface area contributed by atoms with Gasteiger partial charge >= 0.3 is 0 Å². The van der Waals surface area contributed by atoms with E-state index in [4.69, 9.17) is 0 Å². The molecule has 2 aromatic rings. The molecule has 3 rings (SSSR count). The van der Waals surface area contributed by atoms with Gasteiger partial charge in [0, 0.05) is 29.2 Å². The Kier molecular flexibility index (Phi) is 4.67. The first kappa shape index (κ1) is 17.3. The van der Waals surface area contributed by atoms with Gasteiger partial charge < -0.3 is 0 Å². The lowest BCUT2D eigenvalue weighted by Gasteiger charge is -2.10. The highest BCUT2D eigenvalue weighted by Gasteiger charge is 2.31. The third-order valence-corrected chi connectivity index (χ3v) is 5.99. The quantitative estimate of drug-likeness (QED) is 0.646. The average molecular weight is 361 g/mol. The number of hydrogen-bond acceptors (Lipinski definition) is 6. The van der Waals surface area contributed by atoms with Crippen LogP contribution in [-0.2, 0) is 9.84 Å². The van der Waals surface area contributed by atoms with E-state index in [9.17, 15) is 13.2 Å². The van der Waals surface area contributed by atoms with Crippen LogP contribution in [0.15, 0.2) is 29.6 Å². The van der Waals surface area contributed by atoms with Crippen LogP contribution in [0.5, 0.6) is 0 Å². The number of nitrogens with zero attached hydrogens (tertiary/aromatic N) is 4. The molecule has 0 bridgehead atoms. The van der Waals surface area contributed by atoms with Crippen LogP contribution in [0.2, 0.25) is 0 Å². The predicted molar refractivity (Wildman–Crippen MR) is 93.3 cm³/mol. The first-order valence-electron chi connectivity index (χ1n) is 7.87. The molecule has 2 aromatic heterocycles. The van der Waals surface area contributed by atoms with Gasteiger partial charge in [-0.3, -0.25) is 14.5 Å². The van der Waals surface area contributed by atoms with Crippen molar-refractivity contribution in [2.75, 3.05) is 11.5 Å². The molecule has 1 aliphatic rings. The van der Waals surface area contributed by atoms with Crippen LogP contribution in [0.25, 0.3) is 0 Å². The molecule has 0 aliphatic carbocycles. The summed E-state index contributed by atoms with van der Waals surface area (Å²) in [6.07, 6.45) is 5.18. The Morgan fingerprint density at radius 2 is 2.08 bits per heavy atom. The number of amides is 1. The Morgan fingerprint density at radius 3 is 2.72 bits per heavy atom.